The summed E-state index contributed by atoms with van der Waals surface area (Å²) in [5.41, 5.74) is 0.0927. The summed E-state index contributed by atoms with van der Waals surface area (Å²) in [6.07, 6.45) is 6.14. The maximum atomic E-state index is 13.3. The summed E-state index contributed by atoms with van der Waals surface area (Å²) >= 11 is 6.05. The van der Waals surface area contributed by atoms with Crippen LogP contribution >= 0.6 is 11.6 Å². The van der Waals surface area contributed by atoms with E-state index in [1.54, 1.807) is 0 Å². The van der Waals surface area contributed by atoms with Crippen molar-refractivity contribution in [2.75, 3.05) is 23.3 Å². The summed E-state index contributed by atoms with van der Waals surface area (Å²) in [6, 6.07) is 2.92. The van der Waals surface area contributed by atoms with Crippen molar-refractivity contribution in [3.63, 3.8) is 0 Å². The number of carbonyl (C=O) groups is 1. The van der Waals surface area contributed by atoms with Crippen molar-refractivity contribution in [3.05, 3.63) is 45.7 Å². The number of halogens is 2. The number of nitrogens with zero attached hydrogens (tertiary/aromatic N) is 3. The molecule has 1 aliphatic carbocycles. The van der Waals surface area contributed by atoms with Crippen LogP contribution in [0.1, 0.15) is 32.1 Å². The highest BCUT2D eigenvalue weighted by atomic mass is 35.5. The lowest BCUT2D eigenvalue weighted by molar-refractivity contribution is 0.103. The molecule has 11 heteroatoms. The van der Waals surface area contributed by atoms with Gasteiger partial charge in [-0.1, -0.05) is 11.6 Å². The highest BCUT2D eigenvalue weighted by Crippen LogP contribution is 2.26. The van der Waals surface area contributed by atoms with Crippen LogP contribution in [0.2, 0.25) is 5.02 Å². The van der Waals surface area contributed by atoms with E-state index >= 15 is 0 Å². The van der Waals surface area contributed by atoms with Gasteiger partial charge in [-0.15, -0.1) is 0 Å². The van der Waals surface area contributed by atoms with Crippen LogP contribution in [-0.2, 0) is 4.74 Å². The van der Waals surface area contributed by atoms with Gasteiger partial charge in [0.15, 0.2) is 0 Å². The van der Waals surface area contributed by atoms with E-state index in [0.29, 0.717) is 31.0 Å². The molecule has 166 valence electrons. The van der Waals surface area contributed by atoms with Gasteiger partial charge in [-0.2, -0.15) is 5.10 Å². The largest absolute Gasteiger partial charge is 0.444 e. The first kappa shape index (κ1) is 21.4. The number of anilines is 2. The van der Waals surface area contributed by atoms with E-state index in [9.17, 15) is 14.0 Å². The second-order valence-electron chi connectivity index (χ2n) is 7.86. The van der Waals surface area contributed by atoms with E-state index in [1.165, 1.54) is 24.5 Å². The van der Waals surface area contributed by atoms with Gasteiger partial charge in [0.2, 0.25) is 0 Å². The van der Waals surface area contributed by atoms with Crippen LogP contribution in [0.3, 0.4) is 0 Å². The maximum Gasteiger partial charge on any atom is 0.407 e. The Morgan fingerprint density at radius 2 is 2.03 bits per heavy atom. The second kappa shape index (κ2) is 9.51. The minimum Gasteiger partial charge on any atom is -0.444 e. The fourth-order valence-electron chi connectivity index (χ4n) is 4.06. The molecule has 1 amide bonds. The molecule has 1 aliphatic heterocycles. The minimum absolute atomic E-state index is 0.0369. The molecular weight excluding hydrogens is 427 g/mol. The summed E-state index contributed by atoms with van der Waals surface area (Å²) in [7, 11) is 0. The summed E-state index contributed by atoms with van der Waals surface area (Å²) in [4.78, 5) is 30.0. The molecule has 3 heterocycles. The van der Waals surface area contributed by atoms with Crippen LogP contribution in [0, 0.1) is 5.82 Å². The van der Waals surface area contributed by atoms with E-state index in [4.69, 9.17) is 16.3 Å². The smallest absolute Gasteiger partial charge is 0.407 e. The van der Waals surface area contributed by atoms with Gasteiger partial charge in [0, 0.05) is 37.3 Å². The average Bonchev–Trinajstić information content (AvgIpc) is 3.19. The molecule has 1 saturated carbocycles. The Bertz CT molecular complexity index is 981. The Balaban J connectivity index is 1.20. The quantitative estimate of drug-likeness (QED) is 0.642. The number of aromatic nitrogens is 3. The van der Waals surface area contributed by atoms with Gasteiger partial charge in [-0.25, -0.2) is 19.3 Å². The lowest BCUT2D eigenvalue weighted by Crippen LogP contribution is -2.41. The number of nitrogens with one attached hydrogen (secondary N) is 3. The normalized spacial score (nSPS) is 23.4. The average molecular weight is 451 g/mol. The molecule has 2 fully saturated rings. The van der Waals surface area contributed by atoms with Crippen molar-refractivity contribution < 1.29 is 13.9 Å². The monoisotopic (exact) mass is 450 g/mol. The van der Waals surface area contributed by atoms with Crippen LogP contribution in [0.4, 0.5) is 20.7 Å². The first-order valence-electron chi connectivity index (χ1n) is 10.3. The first-order chi connectivity index (χ1) is 15.0. The van der Waals surface area contributed by atoms with Crippen molar-refractivity contribution in [1.29, 1.82) is 0 Å². The van der Waals surface area contributed by atoms with E-state index < -0.39 is 11.7 Å². The number of aromatic amines is 1. The van der Waals surface area contributed by atoms with Gasteiger partial charge in [0.05, 0.1) is 18.4 Å². The number of hydrogen-bond donors (Lipinski definition) is 3. The fraction of sp³-hybridized carbons (Fsp3) is 0.500. The first-order valence-corrected chi connectivity index (χ1v) is 10.7. The second-order valence-corrected chi connectivity index (χ2v) is 8.23. The van der Waals surface area contributed by atoms with Crippen LogP contribution in [0.15, 0.2) is 29.3 Å². The number of hydrogen-bond acceptors (Lipinski definition) is 7. The zero-order valence-corrected chi connectivity index (χ0v) is 17.6. The van der Waals surface area contributed by atoms with Crippen molar-refractivity contribution >= 4 is 29.2 Å². The minimum atomic E-state index is -0.445. The standard InChI is InChI=1S/C20H24ClFN6O3/c21-18-16(10-24-27-19(18)29)28-8-6-15(11-28)31-20(30)26-14-3-1-13(2-4-14)25-17-9-12(22)5-7-23-17/h5,7,9-10,13-15H,1-4,6,8,11H2,(H,23,25)(H,26,30)(H,27,29)/t13-,14+,15-/m1/s1. The number of H-pyrrole nitrogens is 1. The molecule has 3 N–H and O–H groups in total. The summed E-state index contributed by atoms with van der Waals surface area (Å²) in [5.74, 6) is 0.205. The van der Waals surface area contributed by atoms with Crippen LogP contribution in [-0.4, -0.2) is 52.6 Å². The van der Waals surface area contributed by atoms with Gasteiger partial charge in [-0.3, -0.25) is 4.79 Å². The molecule has 2 aromatic rings. The molecule has 2 aliphatic rings. The number of amides is 1. The third kappa shape index (κ3) is 5.43. The molecule has 1 atom stereocenters. The summed E-state index contributed by atoms with van der Waals surface area (Å²) < 4.78 is 18.8. The summed E-state index contributed by atoms with van der Waals surface area (Å²) in [5, 5.41) is 12.3. The van der Waals surface area contributed by atoms with E-state index in [0.717, 1.165) is 25.7 Å². The molecule has 0 radical (unpaired) electrons. The molecule has 0 aromatic carbocycles. The predicted molar refractivity (Wildman–Crippen MR) is 114 cm³/mol. The van der Waals surface area contributed by atoms with Gasteiger partial charge in [-0.05, 0) is 31.7 Å². The zero-order valence-electron chi connectivity index (χ0n) is 16.8. The molecule has 31 heavy (non-hydrogen) atoms. The Kier molecular flexibility index (Phi) is 6.55. The molecule has 0 bridgehead atoms. The zero-order chi connectivity index (χ0) is 21.8. The fourth-order valence-corrected chi connectivity index (χ4v) is 4.28. The molecule has 9 nitrogen and oxygen atoms in total. The Labute approximate surface area is 183 Å². The predicted octanol–water partition coefficient (Wildman–Crippen LogP) is 2.69. The molecule has 2 aromatic heterocycles. The van der Waals surface area contributed by atoms with Gasteiger partial charge in [0.1, 0.15) is 22.8 Å². The van der Waals surface area contributed by atoms with Crippen LogP contribution < -0.4 is 21.1 Å². The number of ether oxygens (including phenoxy) is 1. The van der Waals surface area contributed by atoms with Crippen molar-refractivity contribution in [2.45, 2.75) is 50.3 Å². The van der Waals surface area contributed by atoms with Gasteiger partial charge < -0.3 is 20.3 Å². The maximum absolute atomic E-state index is 13.3. The lowest BCUT2D eigenvalue weighted by atomic mass is 9.91. The van der Waals surface area contributed by atoms with Crippen molar-refractivity contribution in [1.82, 2.24) is 20.5 Å². The number of carbonyl (C=O) groups excluding carboxylic acids is 1. The molecule has 1 saturated heterocycles. The van der Waals surface area contributed by atoms with E-state index in [1.807, 2.05) is 4.90 Å². The van der Waals surface area contributed by atoms with Crippen LogP contribution in [0.25, 0.3) is 0 Å². The summed E-state index contributed by atoms with van der Waals surface area (Å²) in [6.45, 7) is 1.07. The molecular formula is C20H24ClFN6O3. The van der Waals surface area contributed by atoms with Gasteiger partial charge >= 0.3 is 6.09 Å². The number of pyridine rings is 1. The number of rotatable bonds is 5. The Morgan fingerprint density at radius 3 is 2.81 bits per heavy atom. The lowest BCUT2D eigenvalue weighted by Gasteiger charge is -2.30. The van der Waals surface area contributed by atoms with Crippen LogP contribution in [0.5, 0.6) is 0 Å². The number of alkyl carbamates (subject to hydrolysis) is 1. The third-order valence-corrected chi connectivity index (χ3v) is 6.02. The van der Waals surface area contributed by atoms with Gasteiger partial charge in [0.25, 0.3) is 5.56 Å². The van der Waals surface area contributed by atoms with E-state index in [2.05, 4.69) is 25.8 Å². The Morgan fingerprint density at radius 1 is 1.26 bits per heavy atom. The topological polar surface area (TPSA) is 112 Å². The van der Waals surface area contributed by atoms with Crippen molar-refractivity contribution in [3.8, 4) is 0 Å². The Hall–Kier alpha value is -2.88. The van der Waals surface area contributed by atoms with E-state index in [-0.39, 0.29) is 29.0 Å². The van der Waals surface area contributed by atoms with Crippen molar-refractivity contribution in [2.24, 2.45) is 0 Å². The SMILES string of the molecule is O=C(N[C@H]1CC[C@@H](Nc2cc(F)ccn2)CC1)O[C@@H]1CCN(c2cn[nH]c(=O)c2Cl)C1. The molecule has 0 unspecified atom stereocenters. The molecule has 0 spiro atoms. The third-order valence-electron chi connectivity index (χ3n) is 5.66. The highest BCUT2D eigenvalue weighted by Gasteiger charge is 2.29. The molecule has 4 rings (SSSR count). The highest BCUT2D eigenvalue weighted by molar-refractivity contribution is 6.33.